The summed E-state index contributed by atoms with van der Waals surface area (Å²) in [7, 11) is 0. The number of ketones is 1. The van der Waals surface area contributed by atoms with E-state index in [-0.39, 0.29) is 5.82 Å². The van der Waals surface area contributed by atoms with Crippen LogP contribution in [0.1, 0.15) is 83.1 Å². The number of carbonyl (C=O) groups excluding carboxylic acids is 1. The van der Waals surface area contributed by atoms with Crippen molar-refractivity contribution in [1.82, 2.24) is 0 Å². The minimum Gasteiger partial charge on any atom is -0.300 e. The molecule has 1 heterocycles. The van der Waals surface area contributed by atoms with Gasteiger partial charge in [-0.2, -0.15) is 0 Å². The highest BCUT2D eigenvalue weighted by Gasteiger charge is 2.27. The van der Waals surface area contributed by atoms with Crippen LogP contribution < -0.4 is 0 Å². The lowest BCUT2D eigenvalue weighted by Gasteiger charge is -2.27. The molecule has 1 saturated carbocycles. The number of carbonyl (C=O) groups is 1. The summed E-state index contributed by atoms with van der Waals surface area (Å²) in [6.07, 6.45) is 14.8. The van der Waals surface area contributed by atoms with Crippen molar-refractivity contribution in [3.63, 3.8) is 0 Å². The molecule has 2 nitrogen and oxygen atoms in total. The van der Waals surface area contributed by atoms with Gasteiger partial charge in [0.2, 0.25) is 0 Å². The van der Waals surface area contributed by atoms with Crippen LogP contribution in [0.2, 0.25) is 0 Å². The summed E-state index contributed by atoms with van der Waals surface area (Å²) in [5, 5.41) is 0. The zero-order chi connectivity index (χ0) is 20.9. The molecule has 1 aromatic carbocycles. The Morgan fingerprint density at radius 1 is 1.10 bits per heavy atom. The van der Waals surface area contributed by atoms with E-state index in [4.69, 9.17) is 4.99 Å². The maximum absolute atomic E-state index is 13.3. The number of nitrogens with zero attached hydrogens (tertiary/aromatic N) is 1. The Balaban J connectivity index is 1.41. The Labute approximate surface area is 180 Å². The Kier molecular flexibility index (Phi) is 6.97. The smallest absolute Gasteiger partial charge is 0.133 e. The maximum atomic E-state index is 13.3. The van der Waals surface area contributed by atoms with Gasteiger partial charge in [0.05, 0.1) is 0 Å². The van der Waals surface area contributed by atoms with Crippen molar-refractivity contribution in [2.75, 3.05) is 0 Å². The van der Waals surface area contributed by atoms with E-state index in [0.29, 0.717) is 11.7 Å². The number of aliphatic imine (C=N–C) groups is 1. The average molecular weight is 408 g/mol. The molecule has 3 heteroatoms. The van der Waals surface area contributed by atoms with Crippen molar-refractivity contribution >= 4 is 11.5 Å². The van der Waals surface area contributed by atoms with E-state index in [1.807, 2.05) is 18.3 Å². The molecular weight excluding hydrogens is 373 g/mol. The Morgan fingerprint density at radius 3 is 2.63 bits per heavy atom. The Morgan fingerprint density at radius 2 is 1.87 bits per heavy atom. The lowest BCUT2D eigenvalue weighted by Crippen LogP contribution is -2.20. The summed E-state index contributed by atoms with van der Waals surface area (Å²) in [6.45, 7) is 2.15. The average Bonchev–Trinajstić information content (AvgIpc) is 3.21. The minimum absolute atomic E-state index is 0.203. The molecule has 0 aromatic heterocycles. The third kappa shape index (κ3) is 5.56. The maximum Gasteiger partial charge on any atom is 0.133 e. The molecule has 1 atom stereocenters. The second-order valence-electron chi connectivity index (χ2n) is 9.65. The van der Waals surface area contributed by atoms with E-state index in [9.17, 15) is 9.18 Å². The summed E-state index contributed by atoms with van der Waals surface area (Å²) in [5.74, 6) is 1.48. The quantitative estimate of drug-likeness (QED) is 0.472. The van der Waals surface area contributed by atoms with E-state index in [1.165, 1.54) is 54.5 Å². The molecule has 3 aliphatic rings. The van der Waals surface area contributed by atoms with Gasteiger partial charge in [0.1, 0.15) is 11.6 Å². The molecule has 0 saturated heterocycles. The second-order valence-corrected chi connectivity index (χ2v) is 9.65. The first-order valence-electron chi connectivity index (χ1n) is 11.8. The van der Waals surface area contributed by atoms with E-state index < -0.39 is 0 Å². The highest BCUT2D eigenvalue weighted by molar-refractivity contribution is 6.03. The number of Topliss-reactive ketones (excluding diaryl/α,β-unsaturated/α-hetero) is 1. The standard InChI is InChI=1S/C27H34FNO/c1-19-14-23-10-6-22(15-25(30)13-9-20-4-2-3-5-20)16-26(23)27(29-18-19)17-21-7-11-24(28)12-8-21/h7-8,11-12,18,20,22H,2-6,9-10,13-17H2,1H3. The first-order valence-corrected chi connectivity index (χ1v) is 11.8. The van der Waals surface area contributed by atoms with Crippen LogP contribution in [0.4, 0.5) is 4.39 Å². The van der Waals surface area contributed by atoms with Gasteiger partial charge in [-0.05, 0) is 74.1 Å². The second kappa shape index (κ2) is 9.85. The van der Waals surface area contributed by atoms with Gasteiger partial charge in [0.25, 0.3) is 0 Å². The van der Waals surface area contributed by atoms with Crippen LogP contribution in [0.25, 0.3) is 0 Å². The molecule has 0 amide bonds. The first kappa shape index (κ1) is 21.2. The number of benzene rings is 1. The molecule has 0 N–H and O–H groups in total. The summed E-state index contributed by atoms with van der Waals surface area (Å²) in [4.78, 5) is 17.5. The fourth-order valence-electron chi connectivity index (χ4n) is 5.44. The molecule has 30 heavy (non-hydrogen) atoms. The molecular formula is C27H34FNO. The summed E-state index contributed by atoms with van der Waals surface area (Å²) in [6, 6.07) is 6.75. The predicted octanol–water partition coefficient (Wildman–Crippen LogP) is 7.14. The van der Waals surface area contributed by atoms with Crippen molar-refractivity contribution < 1.29 is 9.18 Å². The SMILES string of the molecule is CC1=CN=C(Cc2ccc(F)cc2)C2=C(CCC(CC(=O)CCC3CCCC3)C2)C1. The van der Waals surface area contributed by atoms with Crippen LogP contribution in [0, 0.1) is 17.7 Å². The van der Waals surface area contributed by atoms with Crippen molar-refractivity contribution in [3.05, 3.63) is 58.6 Å². The fourth-order valence-corrected chi connectivity index (χ4v) is 5.44. The Bertz CT molecular complexity index is 855. The van der Waals surface area contributed by atoms with Gasteiger partial charge in [-0.3, -0.25) is 9.79 Å². The van der Waals surface area contributed by atoms with Crippen LogP contribution in [-0.4, -0.2) is 11.5 Å². The van der Waals surface area contributed by atoms with Gasteiger partial charge < -0.3 is 0 Å². The third-order valence-corrected chi connectivity index (χ3v) is 7.16. The topological polar surface area (TPSA) is 29.4 Å². The van der Waals surface area contributed by atoms with Crippen LogP contribution in [-0.2, 0) is 11.2 Å². The normalized spacial score (nSPS) is 22.4. The van der Waals surface area contributed by atoms with Gasteiger partial charge in [-0.1, -0.05) is 49.0 Å². The predicted molar refractivity (Wildman–Crippen MR) is 121 cm³/mol. The van der Waals surface area contributed by atoms with Crippen molar-refractivity contribution in [1.29, 1.82) is 0 Å². The largest absolute Gasteiger partial charge is 0.300 e. The van der Waals surface area contributed by atoms with Gasteiger partial charge in [-0.15, -0.1) is 0 Å². The van der Waals surface area contributed by atoms with E-state index in [2.05, 4.69) is 6.92 Å². The zero-order valence-corrected chi connectivity index (χ0v) is 18.3. The lowest BCUT2D eigenvalue weighted by molar-refractivity contribution is -0.120. The van der Waals surface area contributed by atoms with Crippen molar-refractivity contribution in [2.45, 2.75) is 84.0 Å². The monoisotopic (exact) mass is 407 g/mol. The number of rotatable bonds is 7. The van der Waals surface area contributed by atoms with Crippen molar-refractivity contribution in [3.8, 4) is 0 Å². The van der Waals surface area contributed by atoms with E-state index >= 15 is 0 Å². The van der Waals surface area contributed by atoms with E-state index in [1.54, 1.807) is 0 Å². The molecule has 1 aliphatic heterocycles. The molecule has 1 unspecified atom stereocenters. The molecule has 0 bridgehead atoms. The number of hydrogen-bond acceptors (Lipinski definition) is 2. The molecule has 1 fully saturated rings. The lowest BCUT2D eigenvalue weighted by atomic mass is 9.77. The van der Waals surface area contributed by atoms with E-state index in [0.717, 1.165) is 68.6 Å². The molecule has 4 rings (SSSR count). The number of hydrogen-bond donors (Lipinski definition) is 0. The van der Waals surface area contributed by atoms with Crippen LogP contribution in [0.5, 0.6) is 0 Å². The third-order valence-electron chi connectivity index (χ3n) is 7.16. The van der Waals surface area contributed by atoms with Gasteiger partial charge in [0.15, 0.2) is 0 Å². The van der Waals surface area contributed by atoms with Gasteiger partial charge in [-0.25, -0.2) is 4.39 Å². The van der Waals surface area contributed by atoms with Crippen LogP contribution in [0.3, 0.4) is 0 Å². The first-order chi connectivity index (χ1) is 14.6. The highest BCUT2D eigenvalue weighted by Crippen LogP contribution is 2.38. The van der Waals surface area contributed by atoms with Gasteiger partial charge in [0, 0.05) is 31.2 Å². The number of halogens is 1. The fraction of sp³-hybridized carbons (Fsp3) is 0.556. The van der Waals surface area contributed by atoms with Gasteiger partial charge >= 0.3 is 0 Å². The highest BCUT2D eigenvalue weighted by atomic mass is 19.1. The molecule has 1 aromatic rings. The Hall–Kier alpha value is -2.03. The summed E-state index contributed by atoms with van der Waals surface area (Å²) in [5.41, 5.74) is 6.35. The molecule has 160 valence electrons. The van der Waals surface area contributed by atoms with Crippen molar-refractivity contribution in [2.24, 2.45) is 16.8 Å². The summed E-state index contributed by atoms with van der Waals surface area (Å²) < 4.78 is 13.3. The molecule has 0 radical (unpaired) electrons. The number of allylic oxidation sites excluding steroid dienone is 3. The minimum atomic E-state index is -0.203. The van der Waals surface area contributed by atoms with Crippen LogP contribution >= 0.6 is 0 Å². The zero-order valence-electron chi connectivity index (χ0n) is 18.3. The van der Waals surface area contributed by atoms with Crippen LogP contribution in [0.15, 0.2) is 52.2 Å². The molecule has 2 aliphatic carbocycles. The summed E-state index contributed by atoms with van der Waals surface area (Å²) >= 11 is 0. The molecule has 0 spiro atoms.